The van der Waals surface area contributed by atoms with Crippen molar-refractivity contribution in [3.63, 3.8) is 0 Å². The van der Waals surface area contributed by atoms with Crippen molar-refractivity contribution in [3.8, 4) is 24.0 Å². The van der Waals surface area contributed by atoms with Crippen molar-refractivity contribution in [1.29, 1.82) is 15.8 Å². The second kappa shape index (κ2) is 6.97. The van der Waals surface area contributed by atoms with E-state index in [0.717, 1.165) is 0 Å². The quantitative estimate of drug-likeness (QED) is 0.702. The average Bonchev–Trinajstić information content (AvgIpc) is 3.08. The Labute approximate surface area is 150 Å². The van der Waals surface area contributed by atoms with Gasteiger partial charge in [-0.2, -0.15) is 15.8 Å². The van der Waals surface area contributed by atoms with E-state index in [0.29, 0.717) is 33.9 Å². The van der Waals surface area contributed by atoms with E-state index < -0.39 is 6.10 Å². The van der Waals surface area contributed by atoms with Crippen LogP contribution in [0.25, 0.3) is 11.1 Å². The minimum Gasteiger partial charge on any atom is -0.480 e. The molecule has 6 heteroatoms. The van der Waals surface area contributed by atoms with Gasteiger partial charge in [-0.1, -0.05) is 13.8 Å². The molecule has 1 unspecified atom stereocenters. The molecule has 0 spiro atoms. The molecule has 6 nitrogen and oxygen atoms in total. The lowest BCUT2D eigenvalue weighted by molar-refractivity contribution is 0.124. The van der Waals surface area contributed by atoms with Crippen LogP contribution in [-0.2, 0) is 0 Å². The summed E-state index contributed by atoms with van der Waals surface area (Å²) >= 11 is 0. The molecule has 0 amide bonds. The highest BCUT2D eigenvalue weighted by molar-refractivity contribution is 5.74. The summed E-state index contributed by atoms with van der Waals surface area (Å²) < 4.78 is 11.8. The molecule has 0 saturated heterocycles. The number of fused-ring (bicyclic) bond motifs is 1. The molecule has 126 valence electrons. The van der Waals surface area contributed by atoms with E-state index in [2.05, 4.69) is 11.1 Å². The molecule has 2 aromatic carbocycles. The van der Waals surface area contributed by atoms with E-state index in [1.54, 1.807) is 30.3 Å². The standard InChI is InChI=1S/C20H14N4O2/c1-12(2)19(25-16-5-4-14(10-22)15(8-16)11-23)20-24-17-7-13(9-21)3-6-18(17)26-20/h3-8,12,19H,1-2H3. The van der Waals surface area contributed by atoms with Crippen LogP contribution in [0.5, 0.6) is 5.75 Å². The van der Waals surface area contributed by atoms with Gasteiger partial charge in [0, 0.05) is 0 Å². The third-order valence-electron chi connectivity index (χ3n) is 3.88. The Morgan fingerprint density at radius 2 is 1.73 bits per heavy atom. The lowest BCUT2D eigenvalue weighted by Gasteiger charge is -2.19. The highest BCUT2D eigenvalue weighted by Gasteiger charge is 2.24. The number of nitrogens with zero attached hydrogens (tertiary/aromatic N) is 4. The van der Waals surface area contributed by atoms with Crippen LogP contribution in [-0.4, -0.2) is 4.98 Å². The van der Waals surface area contributed by atoms with Gasteiger partial charge in [-0.25, -0.2) is 4.98 Å². The summed E-state index contributed by atoms with van der Waals surface area (Å²) in [5.74, 6) is 0.895. The molecule has 0 fully saturated rings. The van der Waals surface area contributed by atoms with Gasteiger partial charge in [0.25, 0.3) is 0 Å². The number of benzene rings is 2. The molecule has 0 bridgehead atoms. The summed E-state index contributed by atoms with van der Waals surface area (Å²) in [6.07, 6.45) is -0.479. The van der Waals surface area contributed by atoms with Crippen molar-refractivity contribution in [2.75, 3.05) is 0 Å². The van der Waals surface area contributed by atoms with Crippen LogP contribution in [0.2, 0.25) is 0 Å². The highest BCUT2D eigenvalue weighted by atomic mass is 16.5. The van der Waals surface area contributed by atoms with Crippen LogP contribution >= 0.6 is 0 Å². The van der Waals surface area contributed by atoms with E-state index in [1.165, 1.54) is 6.07 Å². The molecule has 0 saturated carbocycles. The molecular weight excluding hydrogens is 328 g/mol. The number of oxazole rings is 1. The van der Waals surface area contributed by atoms with Crippen LogP contribution in [0.4, 0.5) is 0 Å². The van der Waals surface area contributed by atoms with Gasteiger partial charge in [0.15, 0.2) is 11.7 Å². The Hall–Kier alpha value is -3.82. The van der Waals surface area contributed by atoms with E-state index in [4.69, 9.17) is 24.9 Å². The molecule has 1 heterocycles. The topological polar surface area (TPSA) is 107 Å². The maximum Gasteiger partial charge on any atom is 0.236 e. The fourth-order valence-electron chi connectivity index (χ4n) is 2.54. The predicted octanol–water partition coefficient (Wildman–Crippen LogP) is 4.22. The van der Waals surface area contributed by atoms with E-state index in [1.807, 2.05) is 26.0 Å². The number of nitriles is 3. The van der Waals surface area contributed by atoms with Crippen LogP contribution < -0.4 is 4.74 Å². The first-order valence-corrected chi connectivity index (χ1v) is 7.97. The normalized spacial score (nSPS) is 11.5. The van der Waals surface area contributed by atoms with E-state index >= 15 is 0 Å². The van der Waals surface area contributed by atoms with Crippen molar-refractivity contribution in [2.45, 2.75) is 20.0 Å². The van der Waals surface area contributed by atoms with Crippen molar-refractivity contribution in [2.24, 2.45) is 5.92 Å². The monoisotopic (exact) mass is 342 g/mol. The molecule has 26 heavy (non-hydrogen) atoms. The first kappa shape index (κ1) is 17.0. The van der Waals surface area contributed by atoms with E-state index in [9.17, 15) is 0 Å². The fraction of sp³-hybridized carbons (Fsp3) is 0.200. The summed E-state index contributed by atoms with van der Waals surface area (Å²) in [6.45, 7) is 3.93. The third kappa shape index (κ3) is 3.20. The molecule has 0 aliphatic heterocycles. The Kier molecular flexibility index (Phi) is 4.56. The highest BCUT2D eigenvalue weighted by Crippen LogP contribution is 2.31. The minimum absolute atomic E-state index is 0.0414. The molecule has 1 aromatic heterocycles. The molecule has 3 aromatic rings. The second-order valence-corrected chi connectivity index (χ2v) is 6.06. The molecule has 1 atom stereocenters. The van der Waals surface area contributed by atoms with Crippen LogP contribution in [0, 0.1) is 39.9 Å². The SMILES string of the molecule is CC(C)C(Oc1ccc(C#N)c(C#N)c1)c1nc2cc(C#N)ccc2o1. The number of hydrogen-bond donors (Lipinski definition) is 0. The van der Waals surface area contributed by atoms with Crippen LogP contribution in [0.3, 0.4) is 0 Å². The summed E-state index contributed by atoms with van der Waals surface area (Å²) in [7, 11) is 0. The second-order valence-electron chi connectivity index (χ2n) is 6.06. The zero-order chi connectivity index (χ0) is 18.7. The molecule has 0 N–H and O–H groups in total. The summed E-state index contributed by atoms with van der Waals surface area (Å²) in [6, 6.07) is 15.8. The van der Waals surface area contributed by atoms with Gasteiger partial charge < -0.3 is 9.15 Å². The minimum atomic E-state index is -0.479. The molecule has 0 aliphatic rings. The maximum absolute atomic E-state index is 9.17. The van der Waals surface area contributed by atoms with Gasteiger partial charge >= 0.3 is 0 Å². The van der Waals surface area contributed by atoms with Crippen molar-refractivity contribution in [1.82, 2.24) is 4.98 Å². The zero-order valence-corrected chi connectivity index (χ0v) is 14.2. The lowest BCUT2D eigenvalue weighted by atomic mass is 10.1. The largest absolute Gasteiger partial charge is 0.480 e. The predicted molar refractivity (Wildman–Crippen MR) is 92.8 cm³/mol. The third-order valence-corrected chi connectivity index (χ3v) is 3.88. The van der Waals surface area contributed by atoms with Crippen LogP contribution in [0.15, 0.2) is 40.8 Å². The van der Waals surface area contributed by atoms with Crippen LogP contribution in [0.1, 0.15) is 42.5 Å². The number of hydrogen-bond acceptors (Lipinski definition) is 6. The zero-order valence-electron chi connectivity index (χ0n) is 14.2. The van der Waals surface area contributed by atoms with Gasteiger partial charge in [0.2, 0.25) is 5.89 Å². The Morgan fingerprint density at radius 1 is 0.962 bits per heavy atom. The molecule has 0 radical (unpaired) electrons. The first-order chi connectivity index (χ1) is 12.5. The van der Waals surface area contributed by atoms with E-state index in [-0.39, 0.29) is 11.5 Å². The lowest BCUT2D eigenvalue weighted by Crippen LogP contribution is -2.14. The number of ether oxygens (including phenoxy) is 1. The Balaban J connectivity index is 1.97. The van der Waals surface area contributed by atoms with Gasteiger partial charge in [-0.15, -0.1) is 0 Å². The van der Waals surface area contributed by atoms with Gasteiger partial charge in [0.05, 0.1) is 22.8 Å². The molecule has 0 aliphatic carbocycles. The summed E-state index contributed by atoms with van der Waals surface area (Å²) in [5, 5.41) is 27.2. The van der Waals surface area contributed by atoms with Gasteiger partial charge in [-0.05, 0) is 42.3 Å². The summed E-state index contributed by atoms with van der Waals surface area (Å²) in [5.41, 5.74) is 2.22. The molecular formula is C20H14N4O2. The van der Waals surface area contributed by atoms with Crippen molar-refractivity contribution >= 4 is 11.1 Å². The smallest absolute Gasteiger partial charge is 0.236 e. The first-order valence-electron chi connectivity index (χ1n) is 7.97. The summed E-state index contributed by atoms with van der Waals surface area (Å²) in [4.78, 5) is 4.46. The van der Waals surface area contributed by atoms with Crippen molar-refractivity contribution < 1.29 is 9.15 Å². The van der Waals surface area contributed by atoms with Gasteiger partial charge in [-0.3, -0.25) is 0 Å². The van der Waals surface area contributed by atoms with Crippen molar-refractivity contribution in [3.05, 3.63) is 59.0 Å². The number of aromatic nitrogens is 1. The molecule has 3 rings (SSSR count). The maximum atomic E-state index is 9.17. The number of rotatable bonds is 4. The fourth-order valence-corrected chi connectivity index (χ4v) is 2.54. The Bertz CT molecular complexity index is 1090. The Morgan fingerprint density at radius 3 is 2.38 bits per heavy atom. The average molecular weight is 342 g/mol. The van der Waals surface area contributed by atoms with Gasteiger partial charge in [0.1, 0.15) is 23.4 Å².